The number of aliphatic carboxylic acids is 1. The summed E-state index contributed by atoms with van der Waals surface area (Å²) in [5.74, 6) is -1.05. The van der Waals surface area contributed by atoms with Gasteiger partial charge in [0.1, 0.15) is 17.8 Å². The van der Waals surface area contributed by atoms with Gasteiger partial charge in [0.05, 0.1) is 12.2 Å². The van der Waals surface area contributed by atoms with E-state index < -0.39 is 29.3 Å². The minimum Gasteiger partial charge on any atom is -0.480 e. The van der Waals surface area contributed by atoms with E-state index in [1.165, 1.54) is 0 Å². The van der Waals surface area contributed by atoms with Gasteiger partial charge in [0.15, 0.2) is 0 Å². The normalized spacial score (nSPS) is 23.9. The zero-order valence-corrected chi connectivity index (χ0v) is 18.8. The first-order valence-electron chi connectivity index (χ1n) is 10.0. The van der Waals surface area contributed by atoms with Crippen LogP contribution in [0.5, 0.6) is 0 Å². The van der Waals surface area contributed by atoms with Crippen LogP contribution in [0.25, 0.3) is 0 Å². The summed E-state index contributed by atoms with van der Waals surface area (Å²) in [5.41, 5.74) is -1.37. The lowest BCUT2D eigenvalue weighted by atomic mass is 9.76. The summed E-state index contributed by atoms with van der Waals surface area (Å²) in [7, 11) is 0. The first kappa shape index (κ1) is 22.0. The van der Waals surface area contributed by atoms with Gasteiger partial charge >= 0.3 is 12.1 Å². The lowest BCUT2D eigenvalue weighted by molar-refractivity contribution is -0.150. The van der Waals surface area contributed by atoms with Crippen LogP contribution in [0.3, 0.4) is 0 Å². The second-order valence-corrected chi connectivity index (χ2v) is 9.98. The van der Waals surface area contributed by atoms with Gasteiger partial charge in [-0.15, -0.1) is 0 Å². The van der Waals surface area contributed by atoms with Crippen LogP contribution in [0, 0.1) is 0 Å². The molecule has 1 saturated carbocycles. The predicted molar refractivity (Wildman–Crippen MR) is 111 cm³/mol. The number of aromatic nitrogens is 1. The number of likely N-dealkylation sites (tertiary alicyclic amines) is 1. The molecule has 1 saturated heterocycles. The Morgan fingerprint density at radius 1 is 1.24 bits per heavy atom. The van der Waals surface area contributed by atoms with E-state index >= 15 is 0 Å². The molecule has 29 heavy (non-hydrogen) atoms. The van der Waals surface area contributed by atoms with Crippen LogP contribution >= 0.6 is 15.9 Å². The Labute approximate surface area is 179 Å². The standard InChI is InChI=1S/C21H29BrN2O5/c1-19(2,3)29-18(27)24-14-21(28-12-17(25)26,16-8-7-15(22)11-23-16)13-20(24)9-5-4-6-10-20/h7-8,11H,4-6,9-10,12-14H2,1-3H3,(H,25,26). The fourth-order valence-electron chi connectivity index (χ4n) is 4.53. The van der Waals surface area contributed by atoms with Gasteiger partial charge in [0.25, 0.3) is 0 Å². The fraction of sp³-hybridized carbons (Fsp3) is 0.667. The average Bonchev–Trinajstić information content (AvgIpc) is 2.95. The van der Waals surface area contributed by atoms with Crippen molar-refractivity contribution in [3.05, 3.63) is 28.5 Å². The Hall–Kier alpha value is -1.67. The molecule has 0 bridgehead atoms. The van der Waals surface area contributed by atoms with E-state index in [1.807, 2.05) is 32.9 Å². The highest BCUT2D eigenvalue weighted by atomic mass is 79.9. The topological polar surface area (TPSA) is 89.0 Å². The molecule has 3 rings (SSSR count). The third kappa shape index (κ3) is 4.91. The molecule has 1 atom stereocenters. The number of carboxylic acid groups (broad SMARTS) is 1. The van der Waals surface area contributed by atoms with Gasteiger partial charge in [-0.25, -0.2) is 9.59 Å². The van der Waals surface area contributed by atoms with Crippen molar-refractivity contribution in [3.8, 4) is 0 Å². The van der Waals surface area contributed by atoms with E-state index in [2.05, 4.69) is 20.9 Å². The molecule has 1 amide bonds. The quantitative estimate of drug-likeness (QED) is 0.700. The largest absolute Gasteiger partial charge is 0.480 e. The van der Waals surface area contributed by atoms with Crippen LogP contribution in [0.2, 0.25) is 0 Å². The molecule has 1 unspecified atom stereocenters. The van der Waals surface area contributed by atoms with Crippen molar-refractivity contribution in [3.63, 3.8) is 0 Å². The molecule has 7 nitrogen and oxygen atoms in total. The average molecular weight is 469 g/mol. The number of ether oxygens (including phenoxy) is 2. The van der Waals surface area contributed by atoms with Gasteiger partial charge in [-0.05, 0) is 61.7 Å². The number of amides is 1. The Morgan fingerprint density at radius 3 is 2.48 bits per heavy atom. The second-order valence-electron chi connectivity index (χ2n) is 9.07. The highest BCUT2D eigenvalue weighted by molar-refractivity contribution is 9.10. The number of nitrogens with zero attached hydrogens (tertiary/aromatic N) is 2. The van der Waals surface area contributed by atoms with Crippen molar-refractivity contribution in [1.82, 2.24) is 9.88 Å². The number of rotatable bonds is 4. The first-order chi connectivity index (χ1) is 13.6. The van der Waals surface area contributed by atoms with Gasteiger partial charge in [-0.3, -0.25) is 9.88 Å². The molecule has 1 aliphatic heterocycles. The molecule has 1 aliphatic carbocycles. The number of carboxylic acids is 1. The molecule has 1 aromatic heterocycles. The first-order valence-corrected chi connectivity index (χ1v) is 10.8. The minimum absolute atomic E-state index is 0.226. The lowest BCUT2D eigenvalue weighted by Crippen LogP contribution is -2.50. The van der Waals surface area contributed by atoms with E-state index in [0.29, 0.717) is 12.1 Å². The number of pyridine rings is 1. The van der Waals surface area contributed by atoms with E-state index in [9.17, 15) is 14.7 Å². The number of halogens is 1. The lowest BCUT2D eigenvalue weighted by Gasteiger charge is -2.41. The maximum Gasteiger partial charge on any atom is 0.410 e. The smallest absolute Gasteiger partial charge is 0.410 e. The molecule has 8 heteroatoms. The van der Waals surface area contributed by atoms with Gasteiger partial charge in [-0.1, -0.05) is 19.3 Å². The van der Waals surface area contributed by atoms with Crippen LogP contribution in [0.15, 0.2) is 22.8 Å². The summed E-state index contributed by atoms with van der Waals surface area (Å²) in [4.78, 5) is 30.7. The highest BCUT2D eigenvalue weighted by Gasteiger charge is 2.58. The third-order valence-corrected chi connectivity index (χ3v) is 6.13. The van der Waals surface area contributed by atoms with Crippen LogP contribution in [0.4, 0.5) is 4.79 Å². The Balaban J connectivity index is 2.01. The molecule has 0 radical (unpaired) electrons. The summed E-state index contributed by atoms with van der Waals surface area (Å²) < 4.78 is 12.5. The summed E-state index contributed by atoms with van der Waals surface area (Å²) in [6.45, 7) is 5.32. The van der Waals surface area contributed by atoms with Gasteiger partial charge in [0.2, 0.25) is 0 Å². The van der Waals surface area contributed by atoms with Crippen LogP contribution in [-0.2, 0) is 19.9 Å². The van der Waals surface area contributed by atoms with Crippen LogP contribution in [-0.4, -0.2) is 51.3 Å². The van der Waals surface area contributed by atoms with Gasteiger partial charge in [-0.2, -0.15) is 0 Å². The minimum atomic E-state index is -1.05. The number of carbonyl (C=O) groups is 2. The Kier molecular flexibility index (Phi) is 6.24. The molecular weight excluding hydrogens is 440 g/mol. The molecular formula is C21H29BrN2O5. The van der Waals surface area contributed by atoms with Gasteiger partial charge < -0.3 is 14.6 Å². The molecule has 160 valence electrons. The molecule has 1 N–H and O–H groups in total. The monoisotopic (exact) mass is 468 g/mol. The molecule has 2 fully saturated rings. The van der Waals surface area contributed by atoms with Crippen LogP contribution < -0.4 is 0 Å². The molecule has 1 spiro atoms. The summed E-state index contributed by atoms with van der Waals surface area (Å²) in [6, 6.07) is 3.69. The Morgan fingerprint density at radius 2 is 1.93 bits per heavy atom. The zero-order chi connectivity index (χ0) is 21.3. The zero-order valence-electron chi connectivity index (χ0n) is 17.2. The van der Waals surface area contributed by atoms with Crippen molar-refractivity contribution in [2.24, 2.45) is 0 Å². The second kappa shape index (κ2) is 8.22. The maximum absolute atomic E-state index is 13.1. The number of carbonyl (C=O) groups excluding carboxylic acids is 1. The molecule has 1 aromatic rings. The van der Waals surface area contributed by atoms with Gasteiger partial charge in [0, 0.05) is 22.6 Å². The molecule has 2 aliphatic rings. The van der Waals surface area contributed by atoms with E-state index in [-0.39, 0.29) is 12.6 Å². The van der Waals surface area contributed by atoms with E-state index in [1.54, 1.807) is 11.1 Å². The number of hydrogen-bond acceptors (Lipinski definition) is 5. The van der Waals surface area contributed by atoms with Crippen molar-refractivity contribution in [1.29, 1.82) is 0 Å². The summed E-state index contributed by atoms with van der Waals surface area (Å²) in [5, 5.41) is 9.25. The third-order valence-electron chi connectivity index (χ3n) is 5.67. The van der Waals surface area contributed by atoms with Crippen molar-refractivity contribution >= 4 is 28.0 Å². The van der Waals surface area contributed by atoms with E-state index in [4.69, 9.17) is 9.47 Å². The van der Waals surface area contributed by atoms with E-state index in [0.717, 1.165) is 36.6 Å². The molecule has 2 heterocycles. The van der Waals surface area contributed by atoms with Crippen LogP contribution in [0.1, 0.15) is 65.0 Å². The summed E-state index contributed by atoms with van der Waals surface area (Å²) in [6.07, 6.45) is 6.67. The fourth-order valence-corrected chi connectivity index (χ4v) is 4.76. The number of hydrogen-bond donors (Lipinski definition) is 1. The maximum atomic E-state index is 13.1. The Bertz CT molecular complexity index is 755. The summed E-state index contributed by atoms with van der Waals surface area (Å²) >= 11 is 3.39. The molecule has 0 aromatic carbocycles. The van der Waals surface area contributed by atoms with Crippen molar-refractivity contribution in [2.45, 2.75) is 76.0 Å². The SMILES string of the molecule is CC(C)(C)OC(=O)N1CC(OCC(=O)O)(c2ccc(Br)cn2)CC12CCCCC2. The highest BCUT2D eigenvalue weighted by Crippen LogP contribution is 2.51. The predicted octanol–water partition coefficient (Wildman–Crippen LogP) is 4.48. The van der Waals surface area contributed by atoms with Crippen molar-refractivity contribution in [2.75, 3.05) is 13.2 Å². The van der Waals surface area contributed by atoms with Crippen molar-refractivity contribution < 1.29 is 24.2 Å².